The summed E-state index contributed by atoms with van der Waals surface area (Å²) in [4.78, 5) is 0. The first-order valence-electron chi connectivity index (χ1n) is 15.3. The minimum atomic E-state index is -0.0621. The van der Waals surface area contributed by atoms with Crippen LogP contribution < -0.4 is 4.74 Å². The van der Waals surface area contributed by atoms with Crippen molar-refractivity contribution in [3.05, 3.63) is 28.8 Å². The standard InChI is InChI=1S/C33H46O2/c1-20(2)28-10-27(32-12-21-4-22(13-32)6-23(5-21)14-32)11-29(34-18-31(3)19-35-31)30(28)33-15-24-7-25(16-33)9-26(8-24)17-33/h10-11,20-26H,4-9,12-19H2,1-3H3. The van der Waals surface area contributed by atoms with E-state index in [1.54, 1.807) is 16.7 Å². The van der Waals surface area contributed by atoms with Gasteiger partial charge in [-0.25, -0.2) is 0 Å². The maximum absolute atomic E-state index is 6.92. The third-order valence-corrected chi connectivity index (χ3v) is 12.1. The van der Waals surface area contributed by atoms with E-state index >= 15 is 0 Å². The molecular formula is C33H46O2. The molecule has 1 atom stereocenters. The van der Waals surface area contributed by atoms with Gasteiger partial charge in [0.05, 0.1) is 6.61 Å². The highest BCUT2D eigenvalue weighted by molar-refractivity contribution is 5.53. The summed E-state index contributed by atoms with van der Waals surface area (Å²) in [6.45, 7) is 8.71. The van der Waals surface area contributed by atoms with Gasteiger partial charge < -0.3 is 9.47 Å². The van der Waals surface area contributed by atoms with Gasteiger partial charge in [-0.2, -0.15) is 0 Å². The van der Waals surface area contributed by atoms with E-state index in [9.17, 15) is 0 Å². The normalized spacial score (nSPS) is 48.7. The smallest absolute Gasteiger partial charge is 0.123 e. The van der Waals surface area contributed by atoms with Gasteiger partial charge in [0, 0.05) is 11.0 Å². The molecule has 1 unspecified atom stereocenters. The molecule has 0 N–H and O–H groups in total. The van der Waals surface area contributed by atoms with Gasteiger partial charge in [0.1, 0.15) is 18.0 Å². The molecule has 1 aromatic carbocycles. The molecule has 2 heteroatoms. The molecule has 190 valence electrons. The Morgan fingerprint density at radius 3 is 1.66 bits per heavy atom. The van der Waals surface area contributed by atoms with Gasteiger partial charge in [-0.15, -0.1) is 0 Å². The molecule has 1 aromatic rings. The van der Waals surface area contributed by atoms with E-state index in [0.717, 1.165) is 42.1 Å². The van der Waals surface area contributed by atoms with E-state index in [2.05, 4.69) is 32.9 Å². The Bertz CT molecular complexity index is 959. The molecule has 1 heterocycles. The molecule has 9 aliphatic rings. The third kappa shape index (κ3) is 3.44. The van der Waals surface area contributed by atoms with Crippen LogP contribution in [0.5, 0.6) is 5.75 Å². The van der Waals surface area contributed by atoms with Crippen LogP contribution in [0.15, 0.2) is 12.1 Å². The first-order chi connectivity index (χ1) is 16.8. The average Bonchev–Trinajstić information content (AvgIpc) is 3.52. The summed E-state index contributed by atoms with van der Waals surface area (Å²) in [5.74, 6) is 7.66. The van der Waals surface area contributed by atoms with Crippen molar-refractivity contribution in [3.63, 3.8) is 0 Å². The molecule has 0 radical (unpaired) electrons. The lowest BCUT2D eigenvalue weighted by Crippen LogP contribution is -2.50. The van der Waals surface area contributed by atoms with Crippen molar-refractivity contribution in [1.82, 2.24) is 0 Å². The molecule has 35 heavy (non-hydrogen) atoms. The van der Waals surface area contributed by atoms with Gasteiger partial charge >= 0.3 is 0 Å². The summed E-state index contributed by atoms with van der Waals surface area (Å²) in [7, 11) is 0. The summed E-state index contributed by atoms with van der Waals surface area (Å²) in [5.41, 5.74) is 5.70. The Hall–Kier alpha value is -1.02. The summed E-state index contributed by atoms with van der Waals surface area (Å²) in [5, 5.41) is 0. The second-order valence-electron chi connectivity index (χ2n) is 15.5. The Morgan fingerprint density at radius 2 is 1.23 bits per heavy atom. The molecule has 0 aromatic heterocycles. The highest BCUT2D eigenvalue weighted by atomic mass is 16.6. The van der Waals surface area contributed by atoms with Crippen molar-refractivity contribution in [1.29, 1.82) is 0 Å². The summed E-state index contributed by atoms with van der Waals surface area (Å²) < 4.78 is 12.7. The largest absolute Gasteiger partial charge is 0.490 e. The summed E-state index contributed by atoms with van der Waals surface area (Å²) in [6, 6.07) is 5.35. The van der Waals surface area contributed by atoms with E-state index in [-0.39, 0.29) is 5.60 Å². The monoisotopic (exact) mass is 474 g/mol. The summed E-state index contributed by atoms with van der Waals surface area (Å²) >= 11 is 0. The topological polar surface area (TPSA) is 21.8 Å². The van der Waals surface area contributed by atoms with Crippen LogP contribution in [0.1, 0.15) is 120 Å². The zero-order chi connectivity index (χ0) is 23.6. The van der Waals surface area contributed by atoms with Crippen molar-refractivity contribution in [2.24, 2.45) is 35.5 Å². The van der Waals surface area contributed by atoms with Gasteiger partial charge in [0.15, 0.2) is 0 Å². The van der Waals surface area contributed by atoms with Crippen molar-refractivity contribution in [2.75, 3.05) is 13.2 Å². The van der Waals surface area contributed by atoms with Crippen LogP contribution in [0, 0.1) is 35.5 Å². The molecule has 9 fully saturated rings. The van der Waals surface area contributed by atoms with Gasteiger partial charge in [-0.1, -0.05) is 19.9 Å². The van der Waals surface area contributed by atoms with Crippen molar-refractivity contribution in [2.45, 2.75) is 120 Å². The van der Waals surface area contributed by atoms with Crippen LogP contribution in [0.3, 0.4) is 0 Å². The lowest BCUT2D eigenvalue weighted by atomic mass is 9.46. The zero-order valence-corrected chi connectivity index (χ0v) is 22.4. The Balaban J connectivity index is 1.27. The number of epoxide rings is 1. The number of rotatable bonds is 6. The molecule has 0 amide bonds. The van der Waals surface area contributed by atoms with E-state index < -0.39 is 0 Å². The zero-order valence-electron chi connectivity index (χ0n) is 22.4. The maximum Gasteiger partial charge on any atom is 0.123 e. The van der Waals surface area contributed by atoms with Crippen LogP contribution in [0.25, 0.3) is 0 Å². The number of hydrogen-bond donors (Lipinski definition) is 0. The maximum atomic E-state index is 6.92. The number of hydrogen-bond acceptors (Lipinski definition) is 2. The fourth-order valence-corrected chi connectivity index (χ4v) is 11.4. The Kier molecular flexibility index (Phi) is 4.59. The van der Waals surface area contributed by atoms with Crippen molar-refractivity contribution in [3.8, 4) is 5.75 Å². The predicted octanol–water partition coefficient (Wildman–Crippen LogP) is 7.91. The fraction of sp³-hybridized carbons (Fsp3) is 0.818. The van der Waals surface area contributed by atoms with Crippen LogP contribution in [0.4, 0.5) is 0 Å². The highest BCUT2D eigenvalue weighted by Crippen LogP contribution is 2.65. The average molecular weight is 475 g/mol. The fourth-order valence-electron chi connectivity index (χ4n) is 11.4. The number of ether oxygens (including phenoxy) is 2. The first kappa shape index (κ1) is 22.0. The quantitative estimate of drug-likeness (QED) is 0.391. The molecule has 8 saturated carbocycles. The SMILES string of the molecule is CC(C)c1cc(C23CC4CC(CC(C4)C2)C3)cc(OCC2(C)CO2)c1C12CC3CC(CC(C3)C1)C2. The molecule has 1 aliphatic heterocycles. The van der Waals surface area contributed by atoms with E-state index in [1.807, 2.05) is 0 Å². The molecule has 1 saturated heterocycles. The van der Waals surface area contributed by atoms with Crippen LogP contribution >= 0.6 is 0 Å². The number of benzene rings is 1. The lowest BCUT2D eigenvalue weighted by Gasteiger charge is -2.58. The minimum absolute atomic E-state index is 0.0621. The van der Waals surface area contributed by atoms with E-state index in [0.29, 0.717) is 23.4 Å². The van der Waals surface area contributed by atoms with Crippen LogP contribution in [-0.2, 0) is 15.6 Å². The molecule has 10 rings (SSSR count). The first-order valence-corrected chi connectivity index (χ1v) is 15.3. The minimum Gasteiger partial charge on any atom is -0.490 e. The lowest BCUT2D eigenvalue weighted by molar-refractivity contribution is -0.00864. The van der Waals surface area contributed by atoms with Crippen LogP contribution in [-0.4, -0.2) is 18.8 Å². The Labute approximate surface area is 212 Å². The predicted molar refractivity (Wildman–Crippen MR) is 140 cm³/mol. The highest BCUT2D eigenvalue weighted by Gasteiger charge is 2.55. The van der Waals surface area contributed by atoms with E-state index in [1.165, 1.54) is 82.8 Å². The third-order valence-electron chi connectivity index (χ3n) is 12.1. The van der Waals surface area contributed by atoms with Gasteiger partial charge in [0.25, 0.3) is 0 Å². The van der Waals surface area contributed by atoms with Gasteiger partial charge in [0.2, 0.25) is 0 Å². The summed E-state index contributed by atoms with van der Waals surface area (Å²) in [6.07, 6.45) is 17.6. The second kappa shape index (κ2) is 7.30. The molecule has 2 nitrogen and oxygen atoms in total. The van der Waals surface area contributed by atoms with Gasteiger partial charge in [-0.3, -0.25) is 0 Å². The molecule has 8 bridgehead atoms. The molecule has 8 aliphatic carbocycles. The van der Waals surface area contributed by atoms with Crippen molar-refractivity contribution >= 4 is 0 Å². The Morgan fingerprint density at radius 1 is 0.771 bits per heavy atom. The van der Waals surface area contributed by atoms with Crippen LogP contribution in [0.2, 0.25) is 0 Å². The van der Waals surface area contributed by atoms with E-state index in [4.69, 9.17) is 9.47 Å². The molecular weight excluding hydrogens is 428 g/mol. The van der Waals surface area contributed by atoms with Gasteiger partial charge in [-0.05, 0) is 148 Å². The molecule has 0 spiro atoms. The second-order valence-corrected chi connectivity index (χ2v) is 15.5. The van der Waals surface area contributed by atoms with Crippen molar-refractivity contribution < 1.29 is 9.47 Å².